The lowest BCUT2D eigenvalue weighted by atomic mass is 9.98. The van der Waals surface area contributed by atoms with Gasteiger partial charge in [0.05, 0.1) is 0 Å². The van der Waals surface area contributed by atoms with Crippen molar-refractivity contribution in [2.24, 2.45) is 11.7 Å². The molecule has 5 fully saturated rings. The van der Waals surface area contributed by atoms with E-state index in [1.54, 1.807) is 11.1 Å². The van der Waals surface area contributed by atoms with Crippen LogP contribution in [0, 0.1) is 26.7 Å². The maximum absolute atomic E-state index is 10.7. The Morgan fingerprint density at radius 2 is 0.837 bits per heavy atom. The Morgan fingerprint density at radius 1 is 0.467 bits per heavy atom. The molecule has 528 valence electrons. The Morgan fingerprint density at radius 3 is 1.18 bits per heavy atom. The van der Waals surface area contributed by atoms with E-state index in [-0.39, 0.29) is 6.03 Å². The SMILES string of the molecule is C=CC1CCN(C)CC1.C=CN1CCN(C(N)=O)CC1.C=CN1CCN(C)CC1.CCCCN(C)C.CCN(C)C.CCN1CCN(C)CC1.Cc1ccc(CCN(C)C)cc1.Cc1ccc(CN(C)CCN(C)C)cc1.Cc1ccc(CN2CCN(C)CC2)cc1. The summed E-state index contributed by atoms with van der Waals surface area (Å²) in [6.45, 7) is 53.2. The highest BCUT2D eigenvalue weighted by Gasteiger charge is 2.17. The summed E-state index contributed by atoms with van der Waals surface area (Å²) < 4.78 is 0. The van der Waals surface area contributed by atoms with Gasteiger partial charge in [0.15, 0.2) is 0 Å². The van der Waals surface area contributed by atoms with Crippen LogP contribution >= 0.6 is 0 Å². The molecule has 2 amide bonds. The van der Waals surface area contributed by atoms with Crippen LogP contribution in [-0.2, 0) is 19.5 Å². The van der Waals surface area contributed by atoms with Crippen molar-refractivity contribution >= 4 is 6.03 Å². The van der Waals surface area contributed by atoms with Crippen molar-refractivity contribution in [2.45, 2.75) is 86.7 Å². The lowest BCUT2D eigenvalue weighted by Gasteiger charge is -2.32. The molecule has 5 heterocycles. The molecule has 5 aliphatic rings. The smallest absolute Gasteiger partial charge is 0.314 e. The number of benzene rings is 3. The van der Waals surface area contributed by atoms with Crippen LogP contribution in [0.15, 0.2) is 111 Å². The first-order valence-corrected chi connectivity index (χ1v) is 34.8. The number of allylic oxidation sites excluding steroid dienone is 1. The summed E-state index contributed by atoms with van der Waals surface area (Å²) in [7, 11) is 27.6. The lowest BCUT2D eigenvalue weighted by molar-refractivity contribution is 0.148. The van der Waals surface area contributed by atoms with Gasteiger partial charge in [-0.2, -0.15) is 0 Å². The van der Waals surface area contributed by atoms with Crippen LogP contribution in [0.3, 0.4) is 0 Å². The van der Waals surface area contributed by atoms with Crippen LogP contribution in [0.2, 0.25) is 0 Å². The third-order valence-electron chi connectivity index (χ3n) is 17.0. The number of hydrogen-bond donors (Lipinski definition) is 1. The summed E-state index contributed by atoms with van der Waals surface area (Å²) in [4.78, 5) is 42.2. The van der Waals surface area contributed by atoms with Crippen molar-refractivity contribution in [1.82, 2.24) is 68.6 Å². The number of unbranched alkanes of at least 4 members (excludes halogenated alkanes) is 1. The zero-order valence-electron chi connectivity index (χ0n) is 63.0. The van der Waals surface area contributed by atoms with Crippen LogP contribution < -0.4 is 5.73 Å². The number of nitrogens with zero attached hydrogens (tertiary/aromatic N) is 14. The highest BCUT2D eigenvalue weighted by molar-refractivity contribution is 5.72. The Kier molecular flexibility index (Phi) is 51.8. The molecule has 3 aromatic carbocycles. The van der Waals surface area contributed by atoms with Gasteiger partial charge >= 0.3 is 6.03 Å². The molecule has 0 atom stereocenters. The van der Waals surface area contributed by atoms with Gasteiger partial charge in [0.1, 0.15) is 0 Å². The number of carbonyl (C=O) groups excluding carboxylic acids is 1. The van der Waals surface area contributed by atoms with E-state index in [9.17, 15) is 4.79 Å². The number of likely N-dealkylation sites (tertiary alicyclic amines) is 1. The molecule has 16 heteroatoms. The molecule has 2 N–H and O–H groups in total. The third kappa shape index (κ3) is 48.9. The van der Waals surface area contributed by atoms with E-state index in [0.29, 0.717) is 13.1 Å². The van der Waals surface area contributed by atoms with Crippen molar-refractivity contribution in [1.29, 1.82) is 0 Å². The highest BCUT2D eigenvalue weighted by Crippen LogP contribution is 2.16. The first-order chi connectivity index (χ1) is 43.7. The van der Waals surface area contributed by atoms with Crippen LogP contribution in [0.1, 0.15) is 79.8 Å². The summed E-state index contributed by atoms with van der Waals surface area (Å²) in [6.07, 6.45) is 12.2. The zero-order valence-corrected chi connectivity index (χ0v) is 63.0. The van der Waals surface area contributed by atoms with Crippen molar-refractivity contribution in [3.63, 3.8) is 0 Å². The molecule has 92 heavy (non-hydrogen) atoms. The molecule has 5 saturated heterocycles. The minimum absolute atomic E-state index is 0.325. The topological polar surface area (TPSA) is 88.4 Å². The van der Waals surface area contributed by atoms with Crippen LogP contribution in [0.4, 0.5) is 4.79 Å². The minimum Gasteiger partial charge on any atom is -0.375 e. The summed E-state index contributed by atoms with van der Waals surface area (Å²) in [5.74, 6) is 0.793. The number of likely N-dealkylation sites (N-methyl/N-ethyl adjacent to an activating group) is 7. The number of hydrogen-bond acceptors (Lipinski definition) is 14. The fraction of sp³-hybridized carbons (Fsp3) is 0.671. The fourth-order valence-electron chi connectivity index (χ4n) is 9.55. The van der Waals surface area contributed by atoms with Gasteiger partial charge in [-0.05, 0) is 206 Å². The second-order valence-electron chi connectivity index (χ2n) is 26.9. The second-order valence-corrected chi connectivity index (χ2v) is 26.9. The average Bonchev–Trinajstić information content (AvgIpc) is 2.05. The number of piperidine rings is 1. The molecular formula is C76H143N15O. The largest absolute Gasteiger partial charge is 0.375 e. The number of rotatable bonds is 18. The van der Waals surface area contributed by atoms with Crippen LogP contribution in [-0.4, -0.2) is 323 Å². The molecular weight excluding hydrogens is 1140 g/mol. The maximum atomic E-state index is 10.7. The lowest BCUT2D eigenvalue weighted by Crippen LogP contribution is -2.48. The first-order valence-electron chi connectivity index (χ1n) is 34.8. The number of amides is 2. The quantitative estimate of drug-likeness (QED) is 0.123. The van der Waals surface area contributed by atoms with E-state index in [0.717, 1.165) is 77.8 Å². The number of aryl methyl sites for hydroxylation is 3. The second kappa shape index (κ2) is 54.5. The number of nitrogens with two attached hydrogens (primary N) is 1. The van der Waals surface area contributed by atoms with Crippen LogP contribution in [0.25, 0.3) is 0 Å². The molecule has 0 saturated carbocycles. The summed E-state index contributed by atoms with van der Waals surface area (Å²) in [5, 5.41) is 0. The van der Waals surface area contributed by atoms with E-state index in [1.165, 1.54) is 151 Å². The van der Waals surface area contributed by atoms with Gasteiger partial charge in [-0.1, -0.05) is 136 Å². The molecule has 0 unspecified atom stereocenters. The summed E-state index contributed by atoms with van der Waals surface area (Å²) in [5.41, 5.74) is 13.4. The minimum atomic E-state index is -0.325. The highest BCUT2D eigenvalue weighted by atomic mass is 16.2. The van der Waals surface area contributed by atoms with E-state index < -0.39 is 0 Å². The van der Waals surface area contributed by atoms with E-state index in [2.05, 4.69) is 295 Å². The molecule has 8 rings (SSSR count). The standard InChI is InChI=1S/C13H20N2.C13H22N2.C11H17N.C8H15N.C7H13N3O.C7H16N2.C7H14N2.C6H15N.C4H11N/c1-12-3-5-13(6-4-12)11-15-9-7-14(2)8-10-15;1-12-5-7-13(8-6-12)11-15(4)10-9-14(2)3;1-10-4-6-11(7-5-10)8-9-12(2)3;1-3-8-4-6-9(2)7-5-8;1-2-9-3-5-10(6-4-9)7(8)11;2*1-3-9-6-4-8(2)5-7-9;1-4-5-6-7(2)3;1-4-5(2)3/h3-6H,7-11H2,1-2H3;5-8H,9-11H2,1-4H3;4-7H,8-9H2,1-3H3;3,8H,1,4-7H2,2H3;2H,1,3-6H2,(H2,8,11);3-7H2,1-2H3;3H,1,4-7H2,2H3;4-6H2,1-3H3;4H2,1-3H3. The molecule has 16 nitrogen and oxygen atoms in total. The number of piperazine rings is 4. The summed E-state index contributed by atoms with van der Waals surface area (Å²) in [6, 6.07) is 26.1. The van der Waals surface area contributed by atoms with E-state index >= 15 is 0 Å². The molecule has 0 aliphatic carbocycles. The normalized spacial score (nSPS) is 16.8. The molecule has 3 aromatic rings. The first kappa shape index (κ1) is 87.3. The van der Waals surface area contributed by atoms with Gasteiger partial charge < -0.3 is 69.4 Å². The van der Waals surface area contributed by atoms with Crippen molar-refractivity contribution < 1.29 is 4.79 Å². The molecule has 0 spiro atoms. The number of urea groups is 1. The van der Waals surface area contributed by atoms with Gasteiger partial charge in [-0.15, -0.1) is 6.58 Å². The van der Waals surface area contributed by atoms with Crippen LogP contribution in [0.5, 0.6) is 0 Å². The monoisotopic (exact) mass is 1280 g/mol. The Balaban J connectivity index is 0.00000103. The summed E-state index contributed by atoms with van der Waals surface area (Å²) >= 11 is 0. The van der Waals surface area contributed by atoms with E-state index in [4.69, 9.17) is 5.73 Å². The molecule has 0 radical (unpaired) electrons. The Labute approximate surface area is 568 Å². The van der Waals surface area contributed by atoms with E-state index in [1.807, 2.05) is 6.20 Å². The Hall–Kier alpha value is -4.69. The van der Waals surface area contributed by atoms with Crippen molar-refractivity contribution in [3.8, 4) is 0 Å². The van der Waals surface area contributed by atoms with Gasteiger partial charge in [0.2, 0.25) is 0 Å². The Bertz CT molecular complexity index is 2160. The number of primary amides is 1. The van der Waals surface area contributed by atoms with Crippen molar-refractivity contribution in [2.75, 3.05) is 249 Å². The third-order valence-corrected chi connectivity index (χ3v) is 17.0. The van der Waals surface area contributed by atoms with Gasteiger partial charge in [-0.3, -0.25) is 4.90 Å². The molecule has 5 aliphatic heterocycles. The molecule has 0 bridgehead atoms. The van der Waals surface area contributed by atoms with Gasteiger partial charge in [-0.25, -0.2) is 4.79 Å². The fourth-order valence-corrected chi connectivity index (χ4v) is 9.55. The predicted octanol–water partition coefficient (Wildman–Crippen LogP) is 9.72. The van der Waals surface area contributed by atoms with Gasteiger partial charge in [0, 0.05) is 137 Å². The molecule has 0 aromatic heterocycles. The van der Waals surface area contributed by atoms with Crippen molar-refractivity contribution in [3.05, 3.63) is 144 Å². The average molecular weight is 1280 g/mol. The number of carbonyl (C=O) groups is 1. The zero-order chi connectivity index (χ0) is 69.2. The predicted molar refractivity (Wildman–Crippen MR) is 403 cm³/mol. The maximum Gasteiger partial charge on any atom is 0.314 e. The van der Waals surface area contributed by atoms with Gasteiger partial charge in [0.25, 0.3) is 0 Å².